The minimum Gasteiger partial charge on any atom is -0.310 e. The second kappa shape index (κ2) is 5.95. The second-order valence-corrected chi connectivity index (χ2v) is 6.26. The quantitative estimate of drug-likeness (QED) is 0.775. The van der Waals surface area contributed by atoms with Gasteiger partial charge < -0.3 is 5.32 Å². The molecule has 1 nitrogen and oxygen atoms in total. The summed E-state index contributed by atoms with van der Waals surface area (Å²) in [5, 5.41) is 5.34. The van der Waals surface area contributed by atoms with Gasteiger partial charge in [-0.25, -0.2) is 0 Å². The molecular formula is C16H14Cl3N. The van der Waals surface area contributed by atoms with Crippen LogP contribution < -0.4 is 5.32 Å². The highest BCUT2D eigenvalue weighted by Crippen LogP contribution is 2.35. The molecule has 0 heterocycles. The summed E-state index contributed by atoms with van der Waals surface area (Å²) >= 11 is 18.7. The van der Waals surface area contributed by atoms with Crippen LogP contribution in [-0.4, -0.2) is 6.04 Å². The normalized spacial score (nSPS) is 14.6. The van der Waals surface area contributed by atoms with Gasteiger partial charge in [-0.15, -0.1) is 0 Å². The number of benzene rings is 2. The average molecular weight is 327 g/mol. The van der Waals surface area contributed by atoms with Gasteiger partial charge in [-0.3, -0.25) is 0 Å². The smallest absolute Gasteiger partial charge is 0.0670 e. The molecule has 1 fully saturated rings. The van der Waals surface area contributed by atoms with E-state index in [1.807, 2.05) is 30.3 Å². The monoisotopic (exact) mass is 325 g/mol. The molecule has 4 heteroatoms. The fourth-order valence-corrected chi connectivity index (χ4v) is 2.78. The van der Waals surface area contributed by atoms with E-state index in [9.17, 15) is 0 Å². The summed E-state index contributed by atoms with van der Waals surface area (Å²) < 4.78 is 0. The molecule has 1 N–H and O–H groups in total. The highest BCUT2D eigenvalue weighted by molar-refractivity contribution is 6.43. The third-order valence-corrected chi connectivity index (χ3v) is 4.64. The van der Waals surface area contributed by atoms with E-state index >= 15 is 0 Å². The number of hydrogen-bond donors (Lipinski definition) is 1. The Kier molecular flexibility index (Phi) is 4.23. The van der Waals surface area contributed by atoms with E-state index in [2.05, 4.69) is 5.32 Å². The van der Waals surface area contributed by atoms with Gasteiger partial charge in [-0.05, 0) is 36.1 Å². The Balaban J connectivity index is 1.87. The van der Waals surface area contributed by atoms with Crippen LogP contribution in [0.25, 0.3) is 11.1 Å². The lowest BCUT2D eigenvalue weighted by Crippen LogP contribution is -2.15. The van der Waals surface area contributed by atoms with E-state index in [-0.39, 0.29) is 0 Å². The van der Waals surface area contributed by atoms with Crippen molar-refractivity contribution in [1.82, 2.24) is 5.32 Å². The van der Waals surface area contributed by atoms with Crippen molar-refractivity contribution in [2.75, 3.05) is 0 Å². The van der Waals surface area contributed by atoms with Gasteiger partial charge >= 0.3 is 0 Å². The maximum atomic E-state index is 6.36. The molecule has 20 heavy (non-hydrogen) atoms. The molecule has 104 valence electrons. The molecule has 0 unspecified atom stereocenters. The predicted octanol–water partition coefficient (Wildman–Crippen LogP) is 5.57. The topological polar surface area (TPSA) is 12.0 Å². The molecule has 0 amide bonds. The summed E-state index contributed by atoms with van der Waals surface area (Å²) in [5.41, 5.74) is 3.00. The summed E-state index contributed by atoms with van der Waals surface area (Å²) in [7, 11) is 0. The van der Waals surface area contributed by atoms with Crippen LogP contribution in [0.4, 0.5) is 0 Å². The molecule has 1 saturated carbocycles. The molecule has 0 aliphatic heterocycles. The third kappa shape index (κ3) is 3.12. The number of nitrogens with one attached hydrogen (secondary N) is 1. The fraction of sp³-hybridized carbons (Fsp3) is 0.250. The molecular weight excluding hydrogens is 313 g/mol. The Labute approximate surface area is 133 Å². The van der Waals surface area contributed by atoms with Gasteiger partial charge in [0.05, 0.1) is 10.0 Å². The van der Waals surface area contributed by atoms with Crippen molar-refractivity contribution in [2.45, 2.75) is 25.4 Å². The van der Waals surface area contributed by atoms with E-state index in [0.717, 1.165) is 28.3 Å². The standard InChI is InChI=1S/C16H14Cl3N/c17-14-3-1-2-13(16(14)19)10-4-5-11(15(18)8-10)9-20-12-6-7-12/h1-5,8,12,20H,6-7,9H2. The van der Waals surface area contributed by atoms with Crippen molar-refractivity contribution in [3.63, 3.8) is 0 Å². The van der Waals surface area contributed by atoms with Crippen LogP contribution in [0, 0.1) is 0 Å². The summed E-state index contributed by atoms with van der Waals surface area (Å²) in [4.78, 5) is 0. The lowest BCUT2D eigenvalue weighted by atomic mass is 10.0. The largest absolute Gasteiger partial charge is 0.310 e. The first kappa shape index (κ1) is 14.2. The molecule has 1 aliphatic carbocycles. The lowest BCUT2D eigenvalue weighted by Gasteiger charge is -2.10. The Bertz CT molecular complexity index is 636. The summed E-state index contributed by atoms with van der Waals surface area (Å²) in [6.07, 6.45) is 2.54. The van der Waals surface area contributed by atoms with Crippen LogP contribution in [0.2, 0.25) is 15.1 Å². The van der Waals surface area contributed by atoms with Gasteiger partial charge in [-0.2, -0.15) is 0 Å². The first-order valence-electron chi connectivity index (χ1n) is 6.61. The second-order valence-electron chi connectivity index (χ2n) is 5.06. The number of rotatable bonds is 4. The van der Waals surface area contributed by atoms with E-state index < -0.39 is 0 Å². The van der Waals surface area contributed by atoms with Gasteiger partial charge in [0.25, 0.3) is 0 Å². The van der Waals surface area contributed by atoms with Crippen LogP contribution in [0.15, 0.2) is 36.4 Å². The zero-order chi connectivity index (χ0) is 14.1. The zero-order valence-corrected chi connectivity index (χ0v) is 13.1. The maximum absolute atomic E-state index is 6.36. The first-order valence-corrected chi connectivity index (χ1v) is 7.75. The van der Waals surface area contributed by atoms with E-state index in [0.29, 0.717) is 16.1 Å². The maximum Gasteiger partial charge on any atom is 0.0670 e. The lowest BCUT2D eigenvalue weighted by molar-refractivity contribution is 0.688. The molecule has 2 aromatic rings. The van der Waals surface area contributed by atoms with Gasteiger partial charge in [0, 0.05) is 23.2 Å². The summed E-state index contributed by atoms with van der Waals surface area (Å²) in [6.45, 7) is 0.813. The van der Waals surface area contributed by atoms with Crippen LogP contribution in [-0.2, 0) is 6.54 Å². The van der Waals surface area contributed by atoms with Crippen LogP contribution in [0.5, 0.6) is 0 Å². The molecule has 2 aromatic carbocycles. The third-order valence-electron chi connectivity index (χ3n) is 3.47. The van der Waals surface area contributed by atoms with E-state index in [4.69, 9.17) is 34.8 Å². The minimum absolute atomic E-state index is 0.555. The summed E-state index contributed by atoms with van der Waals surface area (Å²) in [5.74, 6) is 0. The van der Waals surface area contributed by atoms with Crippen molar-refractivity contribution >= 4 is 34.8 Å². The van der Waals surface area contributed by atoms with Gasteiger partial charge in [0.2, 0.25) is 0 Å². The molecule has 0 spiro atoms. The highest BCUT2D eigenvalue weighted by atomic mass is 35.5. The average Bonchev–Trinajstić information content (AvgIpc) is 3.25. The molecule has 0 atom stereocenters. The predicted molar refractivity (Wildman–Crippen MR) is 86.8 cm³/mol. The van der Waals surface area contributed by atoms with Gasteiger partial charge in [-0.1, -0.05) is 59.1 Å². The molecule has 0 aromatic heterocycles. The molecule has 3 rings (SSSR count). The van der Waals surface area contributed by atoms with Crippen molar-refractivity contribution < 1.29 is 0 Å². The van der Waals surface area contributed by atoms with Crippen molar-refractivity contribution in [1.29, 1.82) is 0 Å². The molecule has 0 bridgehead atoms. The molecule has 1 aliphatic rings. The summed E-state index contributed by atoms with van der Waals surface area (Å²) in [6, 6.07) is 12.3. The van der Waals surface area contributed by atoms with Crippen LogP contribution in [0.3, 0.4) is 0 Å². The van der Waals surface area contributed by atoms with Crippen molar-refractivity contribution in [3.8, 4) is 11.1 Å². The van der Waals surface area contributed by atoms with Crippen molar-refractivity contribution in [3.05, 3.63) is 57.0 Å². The first-order chi connectivity index (χ1) is 9.65. The van der Waals surface area contributed by atoms with E-state index in [1.165, 1.54) is 12.8 Å². The number of hydrogen-bond acceptors (Lipinski definition) is 1. The van der Waals surface area contributed by atoms with Gasteiger partial charge in [0.1, 0.15) is 0 Å². The Hall–Kier alpha value is -0.730. The number of halogens is 3. The highest BCUT2D eigenvalue weighted by Gasteiger charge is 2.20. The SMILES string of the molecule is Clc1cc(-c2cccc(Cl)c2Cl)ccc1CNC1CC1. The van der Waals surface area contributed by atoms with E-state index in [1.54, 1.807) is 6.07 Å². The molecule has 0 radical (unpaired) electrons. The van der Waals surface area contributed by atoms with Gasteiger partial charge in [0.15, 0.2) is 0 Å². The zero-order valence-electron chi connectivity index (χ0n) is 10.8. The minimum atomic E-state index is 0.555. The fourth-order valence-electron chi connectivity index (χ4n) is 2.13. The Morgan fingerprint density at radius 2 is 1.80 bits per heavy atom. The Morgan fingerprint density at radius 1 is 1.00 bits per heavy atom. The Morgan fingerprint density at radius 3 is 2.50 bits per heavy atom. The van der Waals surface area contributed by atoms with Crippen LogP contribution >= 0.6 is 34.8 Å². The van der Waals surface area contributed by atoms with Crippen LogP contribution in [0.1, 0.15) is 18.4 Å². The van der Waals surface area contributed by atoms with Crippen molar-refractivity contribution in [2.24, 2.45) is 0 Å². The molecule has 0 saturated heterocycles.